The quantitative estimate of drug-likeness (QED) is 0.719. The normalized spacial score (nSPS) is 13.2. The van der Waals surface area contributed by atoms with Gasteiger partial charge in [-0.15, -0.1) is 0 Å². The van der Waals surface area contributed by atoms with Crippen molar-refractivity contribution in [1.82, 2.24) is 5.32 Å². The fraction of sp³-hybridized carbons (Fsp3) is 0.286. The average Bonchev–Trinajstić information content (AvgIpc) is 2.70. The molecule has 0 saturated heterocycles. The molecule has 0 heterocycles. The fourth-order valence-electron chi connectivity index (χ4n) is 2.61. The van der Waals surface area contributed by atoms with Gasteiger partial charge in [0.1, 0.15) is 11.4 Å². The Morgan fingerprint density at radius 2 is 1.81 bits per heavy atom. The monoisotopic (exact) mass is 373 g/mol. The van der Waals surface area contributed by atoms with Crippen molar-refractivity contribution in [3.63, 3.8) is 0 Å². The molecule has 0 saturated carbocycles. The number of methoxy groups -OCH3 is 3. The highest BCUT2D eigenvalue weighted by atomic mass is 19.1. The summed E-state index contributed by atoms with van der Waals surface area (Å²) in [6.07, 6.45) is 3.06. The molecule has 1 amide bonds. The summed E-state index contributed by atoms with van der Waals surface area (Å²) >= 11 is 0. The first-order valence-electron chi connectivity index (χ1n) is 8.41. The van der Waals surface area contributed by atoms with E-state index in [1.54, 1.807) is 57.6 Å². The SMILES string of the molecule is COc1ccc(/C=C/C(=O)NCC(C)(OC)c2ccccc2F)cc1OC. The number of ether oxygens (including phenoxy) is 3. The van der Waals surface area contributed by atoms with Gasteiger partial charge in [0.15, 0.2) is 11.5 Å². The summed E-state index contributed by atoms with van der Waals surface area (Å²) in [7, 11) is 4.59. The molecule has 6 heteroatoms. The van der Waals surface area contributed by atoms with Crippen LogP contribution in [-0.2, 0) is 15.1 Å². The lowest BCUT2D eigenvalue weighted by Gasteiger charge is -2.29. The molecule has 0 fully saturated rings. The zero-order valence-corrected chi connectivity index (χ0v) is 15.9. The van der Waals surface area contributed by atoms with E-state index in [-0.39, 0.29) is 18.3 Å². The second-order valence-electron chi connectivity index (χ2n) is 6.08. The summed E-state index contributed by atoms with van der Waals surface area (Å²) in [5.74, 6) is 0.493. The van der Waals surface area contributed by atoms with Crippen LogP contribution in [0.5, 0.6) is 11.5 Å². The number of nitrogens with one attached hydrogen (secondary N) is 1. The predicted octanol–water partition coefficient (Wildman–Crippen LogP) is 3.53. The minimum absolute atomic E-state index is 0.125. The molecule has 0 aromatic heterocycles. The second-order valence-corrected chi connectivity index (χ2v) is 6.08. The van der Waals surface area contributed by atoms with Gasteiger partial charge in [-0.2, -0.15) is 0 Å². The van der Waals surface area contributed by atoms with Crippen molar-refractivity contribution in [3.05, 3.63) is 65.5 Å². The van der Waals surface area contributed by atoms with Crippen molar-refractivity contribution < 1.29 is 23.4 Å². The van der Waals surface area contributed by atoms with Crippen molar-refractivity contribution in [2.75, 3.05) is 27.9 Å². The Kier molecular flexibility index (Phi) is 6.96. The Morgan fingerprint density at radius 3 is 2.44 bits per heavy atom. The van der Waals surface area contributed by atoms with Crippen LogP contribution in [0.15, 0.2) is 48.5 Å². The van der Waals surface area contributed by atoms with E-state index in [4.69, 9.17) is 14.2 Å². The Bertz CT molecular complexity index is 822. The first kappa shape index (κ1) is 20.5. The zero-order chi connectivity index (χ0) is 19.9. The molecule has 2 aromatic carbocycles. The summed E-state index contributed by atoms with van der Waals surface area (Å²) in [6.45, 7) is 1.85. The van der Waals surface area contributed by atoms with Crippen molar-refractivity contribution in [2.45, 2.75) is 12.5 Å². The molecule has 0 bridgehead atoms. The molecular formula is C21H24FNO4. The van der Waals surface area contributed by atoms with Gasteiger partial charge in [-0.3, -0.25) is 4.79 Å². The molecule has 27 heavy (non-hydrogen) atoms. The molecule has 0 aliphatic heterocycles. The summed E-state index contributed by atoms with van der Waals surface area (Å²) in [5, 5.41) is 2.75. The first-order valence-corrected chi connectivity index (χ1v) is 8.41. The van der Waals surface area contributed by atoms with Gasteiger partial charge in [0, 0.05) is 18.7 Å². The maximum absolute atomic E-state index is 14.1. The van der Waals surface area contributed by atoms with E-state index in [2.05, 4.69) is 5.32 Å². The lowest BCUT2D eigenvalue weighted by atomic mass is 9.95. The maximum atomic E-state index is 14.1. The molecule has 0 aliphatic rings. The van der Waals surface area contributed by atoms with Crippen LogP contribution in [0.2, 0.25) is 0 Å². The van der Waals surface area contributed by atoms with Crippen LogP contribution < -0.4 is 14.8 Å². The zero-order valence-electron chi connectivity index (χ0n) is 15.9. The molecule has 0 aliphatic carbocycles. The Morgan fingerprint density at radius 1 is 1.11 bits per heavy atom. The molecule has 1 unspecified atom stereocenters. The summed E-state index contributed by atoms with van der Waals surface area (Å²) < 4.78 is 30.0. The number of carbonyl (C=O) groups excluding carboxylic acids is 1. The third kappa shape index (κ3) is 5.08. The van der Waals surface area contributed by atoms with Gasteiger partial charge in [0.25, 0.3) is 0 Å². The highest BCUT2D eigenvalue weighted by molar-refractivity contribution is 5.91. The molecule has 2 aromatic rings. The van der Waals surface area contributed by atoms with Crippen molar-refractivity contribution in [2.24, 2.45) is 0 Å². The Balaban J connectivity index is 2.05. The lowest BCUT2D eigenvalue weighted by molar-refractivity contribution is -0.118. The summed E-state index contributed by atoms with van der Waals surface area (Å²) in [4.78, 5) is 12.2. The van der Waals surface area contributed by atoms with E-state index in [1.807, 2.05) is 6.07 Å². The molecule has 0 radical (unpaired) electrons. The molecule has 5 nitrogen and oxygen atoms in total. The molecule has 144 valence electrons. The lowest BCUT2D eigenvalue weighted by Crippen LogP contribution is -2.40. The minimum Gasteiger partial charge on any atom is -0.493 e. The highest BCUT2D eigenvalue weighted by Gasteiger charge is 2.29. The van der Waals surface area contributed by atoms with Gasteiger partial charge in [-0.1, -0.05) is 24.3 Å². The van der Waals surface area contributed by atoms with E-state index in [0.717, 1.165) is 5.56 Å². The van der Waals surface area contributed by atoms with Crippen molar-refractivity contribution in [1.29, 1.82) is 0 Å². The number of amides is 1. The summed E-state index contributed by atoms with van der Waals surface area (Å²) in [6, 6.07) is 11.7. The second kappa shape index (κ2) is 9.19. The van der Waals surface area contributed by atoms with E-state index < -0.39 is 5.60 Å². The van der Waals surface area contributed by atoms with Crippen LogP contribution in [0, 0.1) is 5.82 Å². The number of halogens is 1. The van der Waals surface area contributed by atoms with Gasteiger partial charge in [0.05, 0.1) is 20.8 Å². The Labute approximate surface area is 158 Å². The predicted molar refractivity (Wildman–Crippen MR) is 102 cm³/mol. The van der Waals surface area contributed by atoms with E-state index in [0.29, 0.717) is 17.1 Å². The number of hydrogen-bond acceptors (Lipinski definition) is 4. The molecule has 0 spiro atoms. The molecule has 2 rings (SSSR count). The van der Waals surface area contributed by atoms with Crippen LogP contribution in [0.3, 0.4) is 0 Å². The smallest absolute Gasteiger partial charge is 0.244 e. The van der Waals surface area contributed by atoms with Gasteiger partial charge >= 0.3 is 0 Å². The van der Waals surface area contributed by atoms with Crippen LogP contribution in [-0.4, -0.2) is 33.8 Å². The summed E-state index contributed by atoms with van der Waals surface area (Å²) in [5.41, 5.74) is 0.195. The molecular weight excluding hydrogens is 349 g/mol. The van der Waals surface area contributed by atoms with Gasteiger partial charge in [0.2, 0.25) is 5.91 Å². The third-order valence-corrected chi connectivity index (χ3v) is 4.33. The van der Waals surface area contributed by atoms with Crippen molar-refractivity contribution in [3.8, 4) is 11.5 Å². The van der Waals surface area contributed by atoms with Crippen LogP contribution in [0.4, 0.5) is 4.39 Å². The topological polar surface area (TPSA) is 56.8 Å². The molecule has 1 N–H and O–H groups in total. The highest BCUT2D eigenvalue weighted by Crippen LogP contribution is 2.28. The maximum Gasteiger partial charge on any atom is 0.244 e. The fourth-order valence-corrected chi connectivity index (χ4v) is 2.61. The van der Waals surface area contributed by atoms with Crippen LogP contribution in [0.25, 0.3) is 6.08 Å². The van der Waals surface area contributed by atoms with E-state index in [1.165, 1.54) is 19.3 Å². The standard InChI is InChI=1S/C21H24FNO4/c1-21(27-4,16-7-5-6-8-17(16)22)14-23-20(24)12-10-15-9-11-18(25-2)19(13-15)26-3/h5-13H,14H2,1-4H3,(H,23,24)/b12-10+. The minimum atomic E-state index is -0.974. The number of rotatable bonds is 8. The van der Waals surface area contributed by atoms with E-state index >= 15 is 0 Å². The Hall–Kier alpha value is -2.86. The number of carbonyl (C=O) groups is 1. The van der Waals surface area contributed by atoms with Gasteiger partial charge < -0.3 is 19.5 Å². The molecule has 1 atom stereocenters. The largest absolute Gasteiger partial charge is 0.493 e. The van der Waals surface area contributed by atoms with Gasteiger partial charge in [-0.05, 0) is 36.8 Å². The number of hydrogen-bond donors (Lipinski definition) is 1. The first-order chi connectivity index (χ1) is 12.9. The van der Waals surface area contributed by atoms with Crippen molar-refractivity contribution >= 4 is 12.0 Å². The van der Waals surface area contributed by atoms with Crippen LogP contribution >= 0.6 is 0 Å². The number of benzene rings is 2. The van der Waals surface area contributed by atoms with Gasteiger partial charge in [-0.25, -0.2) is 4.39 Å². The van der Waals surface area contributed by atoms with E-state index in [9.17, 15) is 9.18 Å². The average molecular weight is 373 g/mol. The third-order valence-electron chi connectivity index (χ3n) is 4.33. The van der Waals surface area contributed by atoms with Crippen LogP contribution in [0.1, 0.15) is 18.1 Å².